The normalized spacial score (nSPS) is 31.7. The number of hydrogen-bond donors (Lipinski definition) is 1. The summed E-state index contributed by atoms with van der Waals surface area (Å²) in [6.45, 7) is 4.62. The Morgan fingerprint density at radius 3 is 2.94 bits per heavy atom. The molecule has 1 aliphatic heterocycles. The van der Waals surface area contributed by atoms with E-state index in [0.717, 1.165) is 6.42 Å². The number of rotatable bonds is 2. The Bertz CT molecular complexity index is 429. The lowest BCUT2D eigenvalue weighted by atomic mass is 9.99. The van der Waals surface area contributed by atoms with Crippen molar-refractivity contribution < 1.29 is 0 Å². The van der Waals surface area contributed by atoms with E-state index in [1.54, 1.807) is 0 Å². The van der Waals surface area contributed by atoms with E-state index in [-0.39, 0.29) is 6.04 Å². The van der Waals surface area contributed by atoms with Crippen molar-refractivity contribution in [1.29, 1.82) is 0 Å². The van der Waals surface area contributed by atoms with Crippen LogP contribution in [0.15, 0.2) is 0 Å². The molecule has 0 radical (unpaired) electrons. The lowest BCUT2D eigenvalue weighted by molar-refractivity contribution is 0.561. The van der Waals surface area contributed by atoms with E-state index < -0.39 is 0 Å². The molecule has 1 fully saturated rings. The number of nitrogens with zero attached hydrogens (tertiary/aromatic N) is 2. The largest absolute Gasteiger partial charge is 0.342 e. The van der Waals surface area contributed by atoms with Crippen molar-refractivity contribution in [1.82, 2.24) is 4.98 Å². The predicted octanol–water partition coefficient (Wildman–Crippen LogP) is 3.25. The Morgan fingerprint density at radius 2 is 2.22 bits per heavy atom. The maximum absolute atomic E-state index is 6.19. The van der Waals surface area contributed by atoms with Crippen LogP contribution in [-0.2, 0) is 6.42 Å². The summed E-state index contributed by atoms with van der Waals surface area (Å²) in [6, 6.07) is 1.50. The predicted molar refractivity (Wildman–Crippen MR) is 77.2 cm³/mol. The summed E-state index contributed by atoms with van der Waals surface area (Å²) in [5.41, 5.74) is 7.38. The molecule has 2 heterocycles. The van der Waals surface area contributed by atoms with Gasteiger partial charge in [-0.05, 0) is 45.4 Å². The van der Waals surface area contributed by atoms with Crippen LogP contribution in [0.4, 0.5) is 5.13 Å². The van der Waals surface area contributed by atoms with Crippen molar-refractivity contribution in [3.05, 3.63) is 10.6 Å². The molecular formula is C14H23N3S. The molecular weight excluding hydrogens is 242 g/mol. The lowest BCUT2D eigenvalue weighted by Crippen LogP contribution is -2.34. The number of aromatic nitrogens is 1. The first-order valence-corrected chi connectivity index (χ1v) is 8.05. The Morgan fingerprint density at radius 1 is 1.39 bits per heavy atom. The molecule has 1 aromatic rings. The van der Waals surface area contributed by atoms with Crippen molar-refractivity contribution >= 4 is 16.5 Å². The van der Waals surface area contributed by atoms with Crippen LogP contribution in [0, 0.1) is 0 Å². The Labute approximate surface area is 113 Å². The molecule has 3 nitrogen and oxygen atoms in total. The van der Waals surface area contributed by atoms with Gasteiger partial charge in [-0.1, -0.05) is 6.92 Å². The van der Waals surface area contributed by atoms with Gasteiger partial charge in [-0.3, -0.25) is 0 Å². The number of aryl methyl sites for hydroxylation is 1. The second-order valence-electron chi connectivity index (χ2n) is 5.70. The summed E-state index contributed by atoms with van der Waals surface area (Å²) in [6.07, 6.45) is 7.34. The fourth-order valence-corrected chi connectivity index (χ4v) is 4.71. The molecule has 3 rings (SSSR count). The van der Waals surface area contributed by atoms with Crippen LogP contribution in [0.5, 0.6) is 0 Å². The van der Waals surface area contributed by atoms with E-state index in [1.807, 2.05) is 11.3 Å². The summed E-state index contributed by atoms with van der Waals surface area (Å²) in [7, 11) is 0. The van der Waals surface area contributed by atoms with Gasteiger partial charge in [0.1, 0.15) is 0 Å². The van der Waals surface area contributed by atoms with E-state index in [0.29, 0.717) is 12.1 Å². The summed E-state index contributed by atoms with van der Waals surface area (Å²) >= 11 is 1.89. The second kappa shape index (κ2) is 4.82. The van der Waals surface area contributed by atoms with Crippen LogP contribution in [0.2, 0.25) is 0 Å². The molecule has 4 heteroatoms. The summed E-state index contributed by atoms with van der Waals surface area (Å²) < 4.78 is 0. The molecule has 1 aliphatic carbocycles. The molecule has 3 unspecified atom stereocenters. The highest BCUT2D eigenvalue weighted by Crippen LogP contribution is 2.40. The highest BCUT2D eigenvalue weighted by molar-refractivity contribution is 7.15. The zero-order valence-electron chi connectivity index (χ0n) is 11.4. The third-order valence-electron chi connectivity index (χ3n) is 4.46. The molecule has 3 atom stereocenters. The molecule has 0 bridgehead atoms. The van der Waals surface area contributed by atoms with Crippen LogP contribution in [0.1, 0.15) is 62.6 Å². The van der Waals surface area contributed by atoms with Crippen molar-refractivity contribution in [3.63, 3.8) is 0 Å². The fraction of sp³-hybridized carbons (Fsp3) is 0.786. The quantitative estimate of drug-likeness (QED) is 0.892. The number of nitrogens with two attached hydrogens (primary N) is 1. The Kier molecular flexibility index (Phi) is 3.32. The molecule has 1 saturated heterocycles. The highest BCUT2D eigenvalue weighted by Gasteiger charge is 2.33. The summed E-state index contributed by atoms with van der Waals surface area (Å²) in [4.78, 5) is 8.88. The van der Waals surface area contributed by atoms with Crippen LogP contribution >= 0.6 is 11.3 Å². The maximum atomic E-state index is 6.19. The van der Waals surface area contributed by atoms with E-state index in [4.69, 9.17) is 10.7 Å². The smallest absolute Gasteiger partial charge is 0.186 e. The summed E-state index contributed by atoms with van der Waals surface area (Å²) in [5.74, 6) is 0. The minimum Gasteiger partial charge on any atom is -0.342 e. The van der Waals surface area contributed by atoms with Gasteiger partial charge in [0.05, 0.1) is 5.69 Å². The number of thiazole rings is 1. The number of anilines is 1. The van der Waals surface area contributed by atoms with Gasteiger partial charge in [0.2, 0.25) is 0 Å². The zero-order valence-corrected chi connectivity index (χ0v) is 12.2. The van der Waals surface area contributed by atoms with E-state index in [9.17, 15) is 0 Å². The Balaban J connectivity index is 1.92. The number of hydrogen-bond acceptors (Lipinski definition) is 4. The van der Waals surface area contributed by atoms with E-state index >= 15 is 0 Å². The number of fused-ring (bicyclic) bond motifs is 1. The first-order valence-electron chi connectivity index (χ1n) is 7.24. The standard InChI is InChI=1S/C14H23N3S/c1-3-10-8-7-9(2)17(10)14-16-13-11(15)5-4-6-12(13)18-14/h9-11H,3-8,15H2,1-2H3. The average molecular weight is 265 g/mol. The van der Waals surface area contributed by atoms with Crippen molar-refractivity contribution in [3.8, 4) is 0 Å². The van der Waals surface area contributed by atoms with Gasteiger partial charge in [-0.15, -0.1) is 11.3 Å². The molecule has 100 valence electrons. The van der Waals surface area contributed by atoms with Crippen molar-refractivity contribution in [2.24, 2.45) is 5.73 Å². The van der Waals surface area contributed by atoms with Gasteiger partial charge >= 0.3 is 0 Å². The minimum atomic E-state index is 0.178. The third kappa shape index (κ3) is 1.95. The van der Waals surface area contributed by atoms with Gasteiger partial charge < -0.3 is 10.6 Å². The monoisotopic (exact) mass is 265 g/mol. The summed E-state index contributed by atoms with van der Waals surface area (Å²) in [5, 5.41) is 1.23. The zero-order chi connectivity index (χ0) is 12.7. The van der Waals surface area contributed by atoms with Gasteiger partial charge in [-0.2, -0.15) is 0 Å². The fourth-order valence-electron chi connectivity index (χ4n) is 3.37. The Hall–Kier alpha value is -0.610. The third-order valence-corrected chi connectivity index (χ3v) is 5.61. The first-order chi connectivity index (χ1) is 8.70. The SMILES string of the molecule is CCC1CCC(C)N1c1nc2c(s1)CCCC2N. The lowest BCUT2D eigenvalue weighted by Gasteiger charge is -2.27. The van der Waals surface area contributed by atoms with Gasteiger partial charge in [0.15, 0.2) is 5.13 Å². The van der Waals surface area contributed by atoms with Crippen LogP contribution in [0.3, 0.4) is 0 Å². The molecule has 0 aromatic carbocycles. The molecule has 18 heavy (non-hydrogen) atoms. The molecule has 1 aromatic heterocycles. The van der Waals surface area contributed by atoms with Crippen molar-refractivity contribution in [2.45, 2.75) is 70.5 Å². The second-order valence-corrected chi connectivity index (χ2v) is 6.76. The van der Waals surface area contributed by atoms with Gasteiger partial charge in [0, 0.05) is 23.0 Å². The molecule has 2 N–H and O–H groups in total. The molecule has 0 amide bonds. The highest BCUT2D eigenvalue weighted by atomic mass is 32.1. The van der Waals surface area contributed by atoms with Crippen LogP contribution < -0.4 is 10.6 Å². The molecule has 0 saturated carbocycles. The average Bonchev–Trinajstić information content (AvgIpc) is 2.92. The van der Waals surface area contributed by atoms with Crippen LogP contribution in [-0.4, -0.2) is 17.1 Å². The molecule has 0 spiro atoms. The topological polar surface area (TPSA) is 42.2 Å². The first kappa shape index (κ1) is 12.4. The molecule has 2 aliphatic rings. The maximum Gasteiger partial charge on any atom is 0.186 e. The van der Waals surface area contributed by atoms with Gasteiger partial charge in [0.25, 0.3) is 0 Å². The van der Waals surface area contributed by atoms with Crippen molar-refractivity contribution in [2.75, 3.05) is 4.90 Å². The van der Waals surface area contributed by atoms with E-state index in [1.165, 1.54) is 47.8 Å². The van der Waals surface area contributed by atoms with Gasteiger partial charge in [-0.25, -0.2) is 4.98 Å². The minimum absolute atomic E-state index is 0.178. The van der Waals surface area contributed by atoms with Crippen LogP contribution in [0.25, 0.3) is 0 Å². The van der Waals surface area contributed by atoms with E-state index in [2.05, 4.69) is 18.7 Å².